The highest BCUT2D eigenvalue weighted by Crippen LogP contribution is 2.45. The van der Waals surface area contributed by atoms with Crippen LogP contribution in [0.5, 0.6) is 0 Å². The Kier molecular flexibility index (Phi) is 10.9. The van der Waals surface area contributed by atoms with Gasteiger partial charge in [0.1, 0.15) is 0 Å². The van der Waals surface area contributed by atoms with Crippen molar-refractivity contribution in [2.45, 2.75) is 0 Å². The number of hydrogen-bond acceptors (Lipinski definition) is 1. The van der Waals surface area contributed by atoms with E-state index >= 15 is 0 Å². The molecule has 1 aromatic heterocycles. The summed E-state index contributed by atoms with van der Waals surface area (Å²) in [5, 5.41) is 5.02. The predicted octanol–water partition coefficient (Wildman–Crippen LogP) is 19.4. The molecule has 2 heteroatoms. The minimum Gasteiger partial charge on any atom is -0.310 e. The molecule has 0 saturated heterocycles. The van der Waals surface area contributed by atoms with E-state index in [1.54, 1.807) is 0 Å². The molecule has 0 N–H and O–H groups in total. The molecule has 338 valence electrons. The maximum absolute atomic E-state index is 2.41. The molecule has 0 saturated carbocycles. The van der Waals surface area contributed by atoms with Crippen molar-refractivity contribution in [1.29, 1.82) is 0 Å². The third kappa shape index (κ3) is 7.82. The first-order valence-electron chi connectivity index (χ1n) is 24.7. The van der Waals surface area contributed by atoms with Gasteiger partial charge in [0.25, 0.3) is 0 Å². The molecule has 2 nitrogen and oxygen atoms in total. The van der Waals surface area contributed by atoms with E-state index < -0.39 is 0 Å². The second kappa shape index (κ2) is 18.4. The van der Waals surface area contributed by atoms with Gasteiger partial charge in [-0.05, 0) is 127 Å². The van der Waals surface area contributed by atoms with Crippen LogP contribution < -0.4 is 4.90 Å². The summed E-state index contributed by atoms with van der Waals surface area (Å²) >= 11 is 0. The van der Waals surface area contributed by atoms with Crippen LogP contribution in [0.3, 0.4) is 0 Å². The van der Waals surface area contributed by atoms with Gasteiger partial charge in [-0.3, -0.25) is 0 Å². The number of nitrogens with zero attached hydrogens (tertiary/aromatic N) is 2. The number of fused-ring (bicyclic) bond motifs is 4. The van der Waals surface area contributed by atoms with Gasteiger partial charge in [0.2, 0.25) is 0 Å². The molecule has 13 aromatic rings. The predicted molar refractivity (Wildman–Crippen MR) is 306 cm³/mol. The lowest BCUT2D eigenvalue weighted by molar-refractivity contribution is 1.18. The van der Waals surface area contributed by atoms with Gasteiger partial charge >= 0.3 is 0 Å². The van der Waals surface area contributed by atoms with Gasteiger partial charge in [-0.15, -0.1) is 0 Å². The van der Waals surface area contributed by atoms with Crippen LogP contribution in [0.25, 0.3) is 105 Å². The van der Waals surface area contributed by atoms with Crippen LogP contribution in [0.2, 0.25) is 0 Å². The van der Waals surface area contributed by atoms with Gasteiger partial charge < -0.3 is 9.47 Å². The van der Waals surface area contributed by atoms with Crippen molar-refractivity contribution in [3.05, 3.63) is 291 Å². The van der Waals surface area contributed by atoms with Crippen LogP contribution in [-0.2, 0) is 0 Å². The Bertz CT molecular complexity index is 4020. The first-order valence-corrected chi connectivity index (χ1v) is 24.7. The molecular weight excluding hydrogens is 869 g/mol. The summed E-state index contributed by atoms with van der Waals surface area (Å²) in [6, 6.07) is 106. The topological polar surface area (TPSA) is 8.17 Å². The first-order chi connectivity index (χ1) is 35.7. The smallest absolute Gasteiger partial charge is 0.0541 e. The van der Waals surface area contributed by atoms with E-state index in [-0.39, 0.29) is 0 Å². The van der Waals surface area contributed by atoms with E-state index in [4.69, 9.17) is 0 Å². The Labute approximate surface area is 420 Å². The third-order valence-electron chi connectivity index (χ3n) is 14.2. The molecule has 0 aliphatic rings. The molecule has 0 bridgehead atoms. The second-order valence-electron chi connectivity index (χ2n) is 18.5. The van der Waals surface area contributed by atoms with E-state index in [9.17, 15) is 0 Å². The maximum atomic E-state index is 2.41. The fraction of sp³-hybridized carbons (Fsp3) is 0. The fourth-order valence-corrected chi connectivity index (χ4v) is 10.7. The van der Waals surface area contributed by atoms with Gasteiger partial charge in [-0.1, -0.05) is 231 Å². The zero-order valence-electron chi connectivity index (χ0n) is 39.6. The highest BCUT2D eigenvalue weighted by Gasteiger charge is 2.20. The molecule has 0 atom stereocenters. The molecule has 13 rings (SSSR count). The summed E-state index contributed by atoms with van der Waals surface area (Å²) in [5.74, 6) is 0. The normalized spacial score (nSPS) is 11.3. The summed E-state index contributed by atoms with van der Waals surface area (Å²) in [7, 11) is 0. The van der Waals surface area contributed by atoms with Gasteiger partial charge in [-0.2, -0.15) is 0 Å². The Morgan fingerprint density at radius 3 is 1.35 bits per heavy atom. The molecule has 0 unspecified atom stereocenters. The zero-order valence-corrected chi connectivity index (χ0v) is 39.6. The largest absolute Gasteiger partial charge is 0.310 e. The molecule has 72 heavy (non-hydrogen) atoms. The fourth-order valence-electron chi connectivity index (χ4n) is 10.7. The maximum Gasteiger partial charge on any atom is 0.0541 e. The van der Waals surface area contributed by atoms with Crippen LogP contribution >= 0.6 is 0 Å². The number of para-hydroxylation sites is 4. The average Bonchev–Trinajstić information content (AvgIpc) is 3.80. The molecule has 0 radical (unpaired) electrons. The summed E-state index contributed by atoms with van der Waals surface area (Å²) in [5.41, 5.74) is 21.0. The van der Waals surface area contributed by atoms with Gasteiger partial charge in [0, 0.05) is 33.3 Å². The number of benzene rings is 12. The van der Waals surface area contributed by atoms with Gasteiger partial charge in [0.15, 0.2) is 0 Å². The number of hydrogen-bond donors (Lipinski definition) is 0. The first kappa shape index (κ1) is 42.6. The number of aromatic nitrogens is 1. The lowest BCUT2D eigenvalue weighted by Crippen LogP contribution is -2.11. The lowest BCUT2D eigenvalue weighted by Gasteiger charge is -2.29. The number of anilines is 3. The molecular formula is C70H48N2. The quantitative estimate of drug-likeness (QED) is 0.133. The lowest BCUT2D eigenvalue weighted by atomic mass is 9.93. The molecule has 0 aliphatic heterocycles. The Morgan fingerprint density at radius 2 is 0.667 bits per heavy atom. The standard InChI is InChI=1S/C70H48N2/c1-2-18-53(19-3-1)61-23-6-7-25-63(61)64-26-9-13-30-68(64)71(60-45-41-52(42-46-60)56-21-16-22-57(47-56)58-38-35-49-17-4-5-20-55(49)48-58)59-43-39-51(40-44-59)50-33-36-54(37-34-50)62-24-8-12-29-67(62)72-69-31-14-10-27-65(69)66-28-11-15-32-70(66)72/h1-48H. The van der Waals surface area contributed by atoms with Crippen LogP contribution in [0.15, 0.2) is 291 Å². The van der Waals surface area contributed by atoms with Crippen molar-refractivity contribution in [2.75, 3.05) is 4.90 Å². The van der Waals surface area contributed by atoms with Crippen molar-refractivity contribution in [3.63, 3.8) is 0 Å². The van der Waals surface area contributed by atoms with Crippen LogP contribution in [0, 0.1) is 0 Å². The molecule has 1 heterocycles. The van der Waals surface area contributed by atoms with Crippen molar-refractivity contribution in [1.82, 2.24) is 4.57 Å². The summed E-state index contributed by atoms with van der Waals surface area (Å²) < 4.78 is 2.41. The SMILES string of the molecule is c1ccc(-c2ccccc2-c2ccccc2N(c2ccc(-c3ccc(-c4ccccc4-n4c5ccccc5c5ccccc54)cc3)cc2)c2ccc(-c3cccc(-c4ccc5ccccc5c4)c3)cc2)cc1. The molecule has 0 amide bonds. The second-order valence-corrected chi connectivity index (χ2v) is 18.5. The zero-order chi connectivity index (χ0) is 47.8. The van der Waals surface area contributed by atoms with Crippen molar-refractivity contribution in [3.8, 4) is 72.4 Å². The van der Waals surface area contributed by atoms with Crippen molar-refractivity contribution < 1.29 is 0 Å². The average molecular weight is 917 g/mol. The monoisotopic (exact) mass is 916 g/mol. The molecule has 0 aliphatic carbocycles. The Hall–Kier alpha value is -9.50. The van der Waals surface area contributed by atoms with E-state index in [1.807, 2.05) is 0 Å². The highest BCUT2D eigenvalue weighted by molar-refractivity contribution is 6.10. The van der Waals surface area contributed by atoms with E-state index in [1.165, 1.54) is 93.9 Å². The molecule has 0 fully saturated rings. The minimum atomic E-state index is 1.08. The highest BCUT2D eigenvalue weighted by atomic mass is 15.1. The van der Waals surface area contributed by atoms with Crippen molar-refractivity contribution in [2.24, 2.45) is 0 Å². The third-order valence-corrected chi connectivity index (χ3v) is 14.2. The van der Waals surface area contributed by atoms with Gasteiger partial charge in [0.05, 0.1) is 22.4 Å². The van der Waals surface area contributed by atoms with Crippen LogP contribution in [-0.4, -0.2) is 4.57 Å². The summed E-state index contributed by atoms with van der Waals surface area (Å²) in [6.45, 7) is 0. The Balaban J connectivity index is 0.866. The van der Waals surface area contributed by atoms with E-state index in [2.05, 4.69) is 301 Å². The molecule has 0 spiro atoms. The van der Waals surface area contributed by atoms with Crippen molar-refractivity contribution >= 4 is 49.6 Å². The summed E-state index contributed by atoms with van der Waals surface area (Å²) in [4.78, 5) is 2.41. The van der Waals surface area contributed by atoms with Crippen LogP contribution in [0.4, 0.5) is 17.1 Å². The van der Waals surface area contributed by atoms with E-state index in [0.29, 0.717) is 0 Å². The Morgan fingerprint density at radius 1 is 0.236 bits per heavy atom. The number of rotatable bonds is 10. The van der Waals surface area contributed by atoms with Gasteiger partial charge in [-0.25, -0.2) is 0 Å². The molecule has 12 aromatic carbocycles. The summed E-state index contributed by atoms with van der Waals surface area (Å²) in [6.07, 6.45) is 0. The van der Waals surface area contributed by atoms with Crippen LogP contribution in [0.1, 0.15) is 0 Å². The van der Waals surface area contributed by atoms with E-state index in [0.717, 1.165) is 28.2 Å². The minimum absolute atomic E-state index is 1.08.